The van der Waals surface area contributed by atoms with Crippen molar-refractivity contribution in [2.75, 3.05) is 26.2 Å². The zero-order valence-corrected chi connectivity index (χ0v) is 31.6. The molecule has 0 unspecified atom stereocenters. The molecule has 0 amide bonds. The Hall–Kier alpha value is -1.81. The molecule has 8 heteroatoms. The average molecular weight is 736 g/mol. The highest BCUT2D eigenvalue weighted by Crippen LogP contribution is 2.25. The van der Waals surface area contributed by atoms with Gasteiger partial charge in [-0.3, -0.25) is 9.36 Å². The predicted molar refractivity (Wildman–Crippen MR) is 186 cm³/mol. The third-order valence-electron chi connectivity index (χ3n) is 10.2. The van der Waals surface area contributed by atoms with Crippen LogP contribution in [0.1, 0.15) is 135 Å². The lowest BCUT2D eigenvalue weighted by atomic mass is 10.0. The second-order valence-corrected chi connectivity index (χ2v) is 13.2. The fourth-order valence-corrected chi connectivity index (χ4v) is 6.72. The lowest BCUT2D eigenvalue weighted by Crippen LogP contribution is -3.00. The van der Waals surface area contributed by atoms with Crippen molar-refractivity contribution in [1.29, 1.82) is 0 Å². The number of hydrogen-bond donors (Lipinski definition) is 0. The van der Waals surface area contributed by atoms with Crippen LogP contribution in [0.5, 0.6) is 0 Å². The summed E-state index contributed by atoms with van der Waals surface area (Å²) in [6.07, 6.45) is 19.1. The summed E-state index contributed by atoms with van der Waals surface area (Å²) in [7, 11) is 0. The summed E-state index contributed by atoms with van der Waals surface area (Å²) in [4.78, 5) is 36.2. The summed E-state index contributed by atoms with van der Waals surface area (Å²) in [6, 6.07) is 4.20. The number of nitrogens with zero attached hydrogens (tertiary/aromatic N) is 5. The number of rotatable bonds is 22. The van der Waals surface area contributed by atoms with Crippen LogP contribution in [-0.2, 0) is 13.1 Å². The molecule has 0 saturated carbocycles. The van der Waals surface area contributed by atoms with Crippen molar-refractivity contribution in [2.45, 2.75) is 151 Å². The summed E-state index contributed by atoms with van der Waals surface area (Å²) in [5, 5.41) is 0. The molecule has 0 bridgehead atoms. The summed E-state index contributed by atoms with van der Waals surface area (Å²) < 4.78 is 4.39. The largest absolute Gasteiger partial charge is 1.00 e. The van der Waals surface area contributed by atoms with Gasteiger partial charge in [-0.05, 0) is 64.3 Å². The molecule has 0 spiro atoms. The van der Waals surface area contributed by atoms with E-state index < -0.39 is 5.69 Å². The predicted octanol–water partition coefficient (Wildman–Crippen LogP) is 5.43. The van der Waals surface area contributed by atoms with Crippen molar-refractivity contribution >= 4 is 11.0 Å². The molecule has 254 valence electrons. The van der Waals surface area contributed by atoms with Crippen molar-refractivity contribution < 1.29 is 28.5 Å². The quantitative estimate of drug-likeness (QED) is 0.0598. The third-order valence-corrected chi connectivity index (χ3v) is 10.2. The monoisotopic (exact) mass is 735 g/mol. The van der Waals surface area contributed by atoms with Gasteiger partial charge in [-0.1, -0.05) is 90.4 Å². The van der Waals surface area contributed by atoms with Crippen LogP contribution >= 0.6 is 0 Å². The molecule has 45 heavy (non-hydrogen) atoms. The fourth-order valence-electron chi connectivity index (χ4n) is 6.72. The first kappa shape index (κ1) is 39.4. The van der Waals surface area contributed by atoms with E-state index in [2.05, 4.69) is 63.2 Å². The van der Waals surface area contributed by atoms with Crippen molar-refractivity contribution in [2.24, 2.45) is 0 Å². The van der Waals surface area contributed by atoms with E-state index in [0.717, 1.165) is 73.1 Å². The molecule has 1 aromatic rings. The maximum absolute atomic E-state index is 13.7. The Morgan fingerprint density at radius 2 is 1.11 bits per heavy atom. The summed E-state index contributed by atoms with van der Waals surface area (Å²) in [6.45, 7) is 18.3. The number of benzene rings is 1. The fraction of sp³-hybridized carbons (Fsp3) is 0.730. The van der Waals surface area contributed by atoms with E-state index in [9.17, 15) is 9.59 Å². The summed E-state index contributed by atoms with van der Waals surface area (Å²) >= 11 is 0. The van der Waals surface area contributed by atoms with Gasteiger partial charge in [0.05, 0.1) is 37.2 Å². The highest BCUT2D eigenvalue weighted by molar-refractivity contribution is 5.81. The molecular weight excluding hydrogens is 673 g/mol. The number of quaternary nitrogens is 1. The topological polar surface area (TPSA) is 69.8 Å². The molecule has 1 aromatic carbocycles. The molecule has 0 saturated heterocycles. The van der Waals surface area contributed by atoms with Crippen LogP contribution in [0.2, 0.25) is 0 Å². The van der Waals surface area contributed by atoms with Gasteiger partial charge in [-0.25, -0.2) is 9.78 Å². The van der Waals surface area contributed by atoms with Crippen LogP contribution in [0.4, 0.5) is 0 Å². The lowest BCUT2D eigenvalue weighted by molar-refractivity contribution is -0.923. The Morgan fingerprint density at radius 3 is 1.64 bits per heavy atom. The van der Waals surface area contributed by atoms with Gasteiger partial charge in [0, 0.05) is 19.5 Å². The summed E-state index contributed by atoms with van der Waals surface area (Å²) in [5.41, 5.74) is 3.63. The van der Waals surface area contributed by atoms with Gasteiger partial charge in [0.25, 0.3) is 5.56 Å². The SMILES string of the molecule is CCCCCCCCCCCCCCCCn1c2nc(=O)n(CCC[N+](CC)(CC)CC)c(=O)c-2nc2cc(C)c(C)cc21.[I-]. The molecule has 0 N–H and O–H groups in total. The average Bonchev–Trinajstić information content (AvgIpc) is 3.02. The van der Waals surface area contributed by atoms with E-state index in [-0.39, 0.29) is 29.5 Å². The van der Waals surface area contributed by atoms with Gasteiger partial charge < -0.3 is 33.0 Å². The normalized spacial score (nSPS) is 11.9. The maximum atomic E-state index is 13.7. The maximum Gasteiger partial charge on any atom is 0.352 e. The van der Waals surface area contributed by atoms with E-state index >= 15 is 0 Å². The molecule has 2 aliphatic heterocycles. The van der Waals surface area contributed by atoms with Crippen molar-refractivity contribution in [1.82, 2.24) is 19.1 Å². The van der Waals surface area contributed by atoms with Gasteiger partial charge in [-0.15, -0.1) is 0 Å². The molecule has 7 nitrogen and oxygen atoms in total. The van der Waals surface area contributed by atoms with E-state index in [4.69, 9.17) is 4.98 Å². The molecule has 3 rings (SSSR count). The number of hydrogen-bond acceptors (Lipinski definition) is 4. The molecule has 0 atom stereocenters. The van der Waals surface area contributed by atoms with Crippen LogP contribution in [0.25, 0.3) is 22.6 Å². The molecule has 0 aliphatic carbocycles. The lowest BCUT2D eigenvalue weighted by Gasteiger charge is -2.35. The molecule has 0 radical (unpaired) electrons. The Kier molecular flexibility index (Phi) is 17.9. The van der Waals surface area contributed by atoms with Crippen molar-refractivity contribution in [3.63, 3.8) is 0 Å². The van der Waals surface area contributed by atoms with E-state index in [1.54, 1.807) is 0 Å². The Morgan fingerprint density at radius 1 is 0.622 bits per heavy atom. The van der Waals surface area contributed by atoms with Crippen LogP contribution in [-0.4, -0.2) is 49.8 Å². The van der Waals surface area contributed by atoms with E-state index in [1.165, 1.54) is 87.2 Å². The Labute approximate surface area is 290 Å². The Bertz CT molecular complexity index is 1370. The van der Waals surface area contributed by atoms with Crippen molar-refractivity contribution in [3.8, 4) is 11.5 Å². The van der Waals surface area contributed by atoms with Gasteiger partial charge in [0.15, 0.2) is 11.5 Å². The van der Waals surface area contributed by atoms with E-state index in [0.29, 0.717) is 18.1 Å². The minimum Gasteiger partial charge on any atom is -1.00 e. The number of aryl methyl sites for hydroxylation is 3. The zero-order valence-electron chi connectivity index (χ0n) is 29.4. The van der Waals surface area contributed by atoms with Gasteiger partial charge in [0.2, 0.25) is 0 Å². The highest BCUT2D eigenvalue weighted by Gasteiger charge is 2.24. The van der Waals surface area contributed by atoms with E-state index in [1.807, 2.05) is 0 Å². The van der Waals surface area contributed by atoms with Gasteiger partial charge in [-0.2, -0.15) is 4.98 Å². The van der Waals surface area contributed by atoms with Crippen molar-refractivity contribution in [3.05, 3.63) is 44.1 Å². The number of aromatic nitrogens is 4. The molecule has 0 aromatic heterocycles. The first-order valence-electron chi connectivity index (χ1n) is 18.1. The van der Waals surface area contributed by atoms with Gasteiger partial charge in [0.1, 0.15) is 0 Å². The zero-order chi connectivity index (χ0) is 32.0. The second kappa shape index (κ2) is 20.4. The molecule has 0 fully saturated rings. The number of halogens is 1. The minimum atomic E-state index is -0.454. The van der Waals surface area contributed by atoms with Crippen LogP contribution in [0.3, 0.4) is 0 Å². The standard InChI is InChI=1S/C37H62N5O2.HI/c1-7-11-12-13-14-15-16-17-18-19-20-21-22-23-25-40-33-29-31(6)30(5)28-32(33)38-34-35(40)39-37(44)41(36(34)43)26-24-27-42(8-2,9-3)10-4;/h28-29H,7-27H2,1-6H3;1H/q+1;/p-1. The molecular formula is C37H62IN5O2. The van der Waals surface area contributed by atoms with Crippen LogP contribution < -0.4 is 35.2 Å². The van der Waals surface area contributed by atoms with Crippen LogP contribution in [0, 0.1) is 13.8 Å². The third kappa shape index (κ3) is 11.1. The highest BCUT2D eigenvalue weighted by atomic mass is 127. The number of fused-ring (bicyclic) bond motifs is 2. The number of unbranched alkanes of at least 4 members (excludes halogenated alkanes) is 13. The second-order valence-electron chi connectivity index (χ2n) is 13.2. The molecule has 2 aliphatic rings. The smallest absolute Gasteiger partial charge is 0.352 e. The summed E-state index contributed by atoms with van der Waals surface area (Å²) in [5.74, 6) is 0.433. The first-order chi connectivity index (χ1) is 21.3. The molecule has 2 heterocycles. The van der Waals surface area contributed by atoms with Gasteiger partial charge >= 0.3 is 5.69 Å². The minimum absolute atomic E-state index is 0. The van der Waals surface area contributed by atoms with Crippen LogP contribution in [0.15, 0.2) is 21.7 Å². The Balaban J connectivity index is 0.00000705. The first-order valence-corrected chi connectivity index (χ1v) is 18.1.